The third-order valence-electron chi connectivity index (χ3n) is 5.00. The van der Waals surface area contributed by atoms with Gasteiger partial charge < -0.3 is 20.1 Å². The number of H-pyrrole nitrogens is 2. The van der Waals surface area contributed by atoms with Gasteiger partial charge in [0.15, 0.2) is 0 Å². The Hall–Kier alpha value is -4.51. The van der Waals surface area contributed by atoms with Gasteiger partial charge in [-0.2, -0.15) is 5.21 Å². The first kappa shape index (κ1) is 21.3. The van der Waals surface area contributed by atoms with Crippen molar-refractivity contribution in [3.05, 3.63) is 70.7 Å². The minimum Gasteiger partial charge on any atom is -0.361 e. The molecule has 0 bridgehead atoms. The van der Waals surface area contributed by atoms with Crippen LogP contribution in [0.3, 0.4) is 0 Å². The van der Waals surface area contributed by atoms with E-state index in [1.165, 1.54) is 0 Å². The predicted octanol–water partition coefficient (Wildman–Crippen LogP) is 3.73. The fourth-order valence-corrected chi connectivity index (χ4v) is 3.68. The minimum absolute atomic E-state index is 0.0424. The third-order valence-corrected chi connectivity index (χ3v) is 5.24. The molecular formula is C22H17ClN8O3. The second-order valence-electron chi connectivity index (χ2n) is 7.49. The number of para-hydroxylation sites is 1. The molecular weight excluding hydrogens is 460 g/mol. The zero-order valence-electron chi connectivity index (χ0n) is 17.7. The van der Waals surface area contributed by atoms with E-state index >= 15 is 0 Å². The van der Waals surface area contributed by atoms with Crippen LogP contribution >= 0.6 is 11.6 Å². The van der Waals surface area contributed by atoms with Gasteiger partial charge in [-0.15, -0.1) is 10.2 Å². The molecule has 0 spiro atoms. The van der Waals surface area contributed by atoms with Crippen molar-refractivity contribution in [2.45, 2.75) is 13.3 Å². The number of amides is 2. The van der Waals surface area contributed by atoms with Crippen LogP contribution in [0.2, 0.25) is 5.02 Å². The second kappa shape index (κ2) is 8.79. The van der Waals surface area contributed by atoms with Crippen molar-refractivity contribution in [3.8, 4) is 11.4 Å². The van der Waals surface area contributed by atoms with E-state index in [0.717, 1.165) is 5.39 Å². The van der Waals surface area contributed by atoms with Crippen molar-refractivity contribution < 1.29 is 14.1 Å². The first-order valence-corrected chi connectivity index (χ1v) is 10.5. The SMILES string of the molecule is Cc1cc(CC(=O)Nc2cccc3cc(C(=O)Nc4ccc(Cl)cc4-c4nn[nH]n4)[nH]c23)on1. The van der Waals surface area contributed by atoms with Gasteiger partial charge in [0.2, 0.25) is 11.7 Å². The zero-order valence-corrected chi connectivity index (χ0v) is 18.5. The summed E-state index contributed by atoms with van der Waals surface area (Å²) in [6.45, 7) is 1.78. The fraction of sp³-hybridized carbons (Fsp3) is 0.0909. The number of carbonyl (C=O) groups excluding carboxylic acids is 2. The van der Waals surface area contributed by atoms with Crippen LogP contribution in [0.4, 0.5) is 11.4 Å². The molecule has 3 aromatic heterocycles. The Morgan fingerprint density at radius 3 is 2.74 bits per heavy atom. The number of fused-ring (bicyclic) bond motifs is 1. The number of halogens is 1. The van der Waals surface area contributed by atoms with Gasteiger partial charge in [0, 0.05) is 22.0 Å². The molecule has 11 nitrogen and oxygen atoms in total. The van der Waals surface area contributed by atoms with Gasteiger partial charge in [0.25, 0.3) is 5.91 Å². The summed E-state index contributed by atoms with van der Waals surface area (Å²) in [7, 11) is 0. The molecule has 0 aliphatic heterocycles. The molecule has 0 saturated carbocycles. The number of benzene rings is 2. The Morgan fingerprint density at radius 2 is 1.97 bits per heavy atom. The lowest BCUT2D eigenvalue weighted by Crippen LogP contribution is -2.14. The summed E-state index contributed by atoms with van der Waals surface area (Å²) in [4.78, 5) is 28.6. The second-order valence-corrected chi connectivity index (χ2v) is 7.93. The van der Waals surface area contributed by atoms with Crippen LogP contribution in [0.25, 0.3) is 22.3 Å². The number of carbonyl (C=O) groups is 2. The highest BCUT2D eigenvalue weighted by Gasteiger charge is 2.17. The Kier molecular flexibility index (Phi) is 5.52. The minimum atomic E-state index is -0.391. The van der Waals surface area contributed by atoms with Gasteiger partial charge in [0.05, 0.1) is 29.0 Å². The number of aryl methyl sites for hydroxylation is 1. The van der Waals surface area contributed by atoms with E-state index in [2.05, 4.69) is 41.4 Å². The molecule has 34 heavy (non-hydrogen) atoms. The molecule has 2 aromatic carbocycles. The van der Waals surface area contributed by atoms with Crippen LogP contribution in [-0.2, 0) is 11.2 Å². The molecule has 0 unspecified atom stereocenters. The van der Waals surface area contributed by atoms with Gasteiger partial charge in [-0.05, 0) is 42.5 Å². The summed E-state index contributed by atoms with van der Waals surface area (Å²) in [5.41, 5.74) is 3.14. The molecule has 0 atom stereocenters. The van der Waals surface area contributed by atoms with Crippen LogP contribution in [-0.4, -0.2) is 42.6 Å². The maximum absolute atomic E-state index is 13.0. The summed E-state index contributed by atoms with van der Waals surface area (Å²) >= 11 is 6.10. The quantitative estimate of drug-likeness (QED) is 0.291. The maximum atomic E-state index is 13.0. The van der Waals surface area contributed by atoms with Gasteiger partial charge >= 0.3 is 0 Å². The van der Waals surface area contributed by atoms with E-state index in [1.807, 2.05) is 6.07 Å². The normalized spacial score (nSPS) is 11.0. The van der Waals surface area contributed by atoms with Crippen molar-refractivity contribution in [2.75, 3.05) is 10.6 Å². The molecule has 0 saturated heterocycles. The Labute approximate surface area is 196 Å². The predicted molar refractivity (Wildman–Crippen MR) is 124 cm³/mol. The van der Waals surface area contributed by atoms with Crippen molar-refractivity contribution >= 4 is 45.7 Å². The third kappa shape index (κ3) is 4.36. The number of aromatic amines is 2. The van der Waals surface area contributed by atoms with Crippen molar-refractivity contribution in [1.29, 1.82) is 0 Å². The first-order valence-electron chi connectivity index (χ1n) is 10.1. The number of nitrogens with zero attached hydrogens (tertiary/aromatic N) is 4. The summed E-state index contributed by atoms with van der Waals surface area (Å²) in [5, 5.41) is 24.5. The average Bonchev–Trinajstić information content (AvgIpc) is 3.56. The van der Waals surface area contributed by atoms with E-state index in [4.69, 9.17) is 16.1 Å². The Morgan fingerprint density at radius 1 is 1.09 bits per heavy atom. The molecule has 3 heterocycles. The zero-order chi connectivity index (χ0) is 23.7. The molecule has 170 valence electrons. The van der Waals surface area contributed by atoms with Gasteiger partial charge in [-0.25, -0.2) is 0 Å². The lowest BCUT2D eigenvalue weighted by atomic mass is 10.1. The van der Waals surface area contributed by atoms with Crippen molar-refractivity contribution in [2.24, 2.45) is 0 Å². The molecule has 0 radical (unpaired) electrons. The fourth-order valence-electron chi connectivity index (χ4n) is 3.51. The lowest BCUT2D eigenvalue weighted by molar-refractivity contribution is -0.115. The molecule has 2 amide bonds. The first-order chi connectivity index (χ1) is 16.5. The summed E-state index contributed by atoms with van der Waals surface area (Å²) in [6, 6.07) is 13.7. The number of tetrazole rings is 1. The Bertz CT molecular complexity index is 1510. The molecule has 4 N–H and O–H groups in total. The van der Waals surface area contributed by atoms with Crippen LogP contribution in [0.5, 0.6) is 0 Å². The molecule has 0 aliphatic carbocycles. The van der Waals surface area contributed by atoms with Crippen LogP contribution in [0, 0.1) is 6.92 Å². The van der Waals surface area contributed by atoms with Gasteiger partial charge in [0.1, 0.15) is 11.5 Å². The number of hydrogen-bond donors (Lipinski definition) is 4. The number of aromatic nitrogens is 6. The van der Waals surface area contributed by atoms with E-state index < -0.39 is 5.91 Å². The monoisotopic (exact) mass is 476 g/mol. The van der Waals surface area contributed by atoms with E-state index in [0.29, 0.717) is 50.5 Å². The largest absolute Gasteiger partial charge is 0.361 e. The summed E-state index contributed by atoms with van der Waals surface area (Å²) in [6.07, 6.45) is 0.0424. The molecule has 12 heteroatoms. The van der Waals surface area contributed by atoms with Crippen molar-refractivity contribution in [3.63, 3.8) is 0 Å². The maximum Gasteiger partial charge on any atom is 0.272 e. The number of nitrogens with one attached hydrogen (secondary N) is 4. The van der Waals surface area contributed by atoms with E-state index in [-0.39, 0.29) is 12.3 Å². The van der Waals surface area contributed by atoms with Gasteiger partial charge in [-0.1, -0.05) is 28.9 Å². The average molecular weight is 477 g/mol. The molecule has 5 rings (SSSR count). The van der Waals surface area contributed by atoms with Crippen LogP contribution in [0.1, 0.15) is 21.9 Å². The highest BCUT2D eigenvalue weighted by Crippen LogP contribution is 2.29. The topological polar surface area (TPSA) is 154 Å². The summed E-state index contributed by atoms with van der Waals surface area (Å²) < 4.78 is 5.10. The Balaban J connectivity index is 1.38. The number of hydrogen-bond acceptors (Lipinski definition) is 7. The molecule has 5 aromatic rings. The highest BCUT2D eigenvalue weighted by atomic mass is 35.5. The lowest BCUT2D eigenvalue weighted by Gasteiger charge is -2.08. The number of anilines is 2. The van der Waals surface area contributed by atoms with Gasteiger partial charge in [-0.3, -0.25) is 9.59 Å². The van der Waals surface area contributed by atoms with Crippen molar-refractivity contribution in [1.82, 2.24) is 30.8 Å². The van der Waals surface area contributed by atoms with E-state index in [9.17, 15) is 9.59 Å². The standard InChI is InChI=1S/C22H17ClN8O3/c1-11-7-14(34-29-11)10-19(32)24-17-4-2-3-12-8-18(25-20(12)17)22(33)26-16-6-5-13(23)9-15(16)21-27-30-31-28-21/h2-9,25H,10H2,1H3,(H,24,32)(H,26,33)(H,27,28,30,31). The molecule has 0 fully saturated rings. The number of rotatable bonds is 6. The van der Waals surface area contributed by atoms with Crippen LogP contribution < -0.4 is 10.6 Å². The highest BCUT2D eigenvalue weighted by molar-refractivity contribution is 6.31. The smallest absolute Gasteiger partial charge is 0.272 e. The van der Waals surface area contributed by atoms with Crippen LogP contribution in [0.15, 0.2) is 53.1 Å². The molecule has 0 aliphatic rings. The summed E-state index contributed by atoms with van der Waals surface area (Å²) in [5.74, 6) is 0.100. The van der Waals surface area contributed by atoms with E-state index in [1.54, 1.807) is 49.4 Å².